The molecule has 0 aliphatic heterocycles. The molecular weight excluding hydrogens is 593 g/mol. The van der Waals surface area contributed by atoms with E-state index in [1.54, 1.807) is 0 Å². The van der Waals surface area contributed by atoms with Crippen molar-refractivity contribution in [2.75, 3.05) is 11.9 Å². The number of nitrogens with zero attached hydrogens (tertiary/aromatic N) is 2. The van der Waals surface area contributed by atoms with Gasteiger partial charge in [-0.05, 0) is 81.1 Å². The minimum Gasteiger partial charge on any atom is -0.345 e. The first-order chi connectivity index (χ1) is 24.2. The van der Waals surface area contributed by atoms with Gasteiger partial charge in [-0.15, -0.1) is 0 Å². The Bertz CT molecular complexity index is 2560. The molecule has 0 N–H and O–H groups in total. The highest BCUT2D eigenvalue weighted by atomic mass is 15.1. The predicted molar refractivity (Wildman–Crippen MR) is 209 cm³/mol. The standard InChI is InChI=1S/C47H34N2/c1-48(39-14-6-3-7-15-39)40-28-23-36(24-29-40)34-19-21-38(22-20-34)43-17-10-18-44-46-42-16-9-8-13-37(42)27-32-45(46)49(47(43)44)41-30-25-35(26-31-41)33-11-4-2-5-12-33/h2-32H,1H3. The Hall–Kier alpha value is -6.38. The normalized spacial score (nSPS) is 11.4. The van der Waals surface area contributed by atoms with Crippen molar-refractivity contribution < 1.29 is 0 Å². The van der Waals surface area contributed by atoms with Crippen molar-refractivity contribution in [1.29, 1.82) is 0 Å². The van der Waals surface area contributed by atoms with Crippen LogP contribution in [0.4, 0.5) is 11.4 Å². The van der Waals surface area contributed by atoms with Crippen molar-refractivity contribution in [3.05, 3.63) is 188 Å². The van der Waals surface area contributed by atoms with Gasteiger partial charge in [-0.3, -0.25) is 0 Å². The molecule has 0 aliphatic rings. The number of fused-ring (bicyclic) bond motifs is 5. The largest absolute Gasteiger partial charge is 0.345 e. The van der Waals surface area contributed by atoms with Crippen LogP contribution < -0.4 is 4.90 Å². The molecule has 232 valence electrons. The Kier molecular flexibility index (Phi) is 7.06. The molecule has 0 bridgehead atoms. The topological polar surface area (TPSA) is 8.17 Å². The van der Waals surface area contributed by atoms with E-state index in [4.69, 9.17) is 0 Å². The third-order valence-electron chi connectivity index (χ3n) is 9.84. The van der Waals surface area contributed by atoms with Crippen LogP contribution in [0.5, 0.6) is 0 Å². The minimum atomic E-state index is 1.15. The zero-order valence-corrected chi connectivity index (χ0v) is 27.3. The summed E-state index contributed by atoms with van der Waals surface area (Å²) in [6, 6.07) is 68.0. The van der Waals surface area contributed by atoms with Crippen LogP contribution in [0, 0.1) is 0 Å². The van der Waals surface area contributed by atoms with Gasteiger partial charge in [0.25, 0.3) is 0 Å². The van der Waals surface area contributed by atoms with Crippen molar-refractivity contribution in [3.8, 4) is 39.1 Å². The molecule has 9 rings (SSSR count). The summed E-state index contributed by atoms with van der Waals surface area (Å²) in [5.74, 6) is 0. The third kappa shape index (κ3) is 5.06. The Morgan fingerprint density at radius 1 is 0.388 bits per heavy atom. The average Bonchev–Trinajstić information content (AvgIpc) is 3.54. The maximum absolute atomic E-state index is 2.46. The van der Waals surface area contributed by atoms with Gasteiger partial charge >= 0.3 is 0 Å². The van der Waals surface area contributed by atoms with Gasteiger partial charge in [-0.1, -0.05) is 146 Å². The smallest absolute Gasteiger partial charge is 0.0619 e. The van der Waals surface area contributed by atoms with Crippen LogP contribution in [0.2, 0.25) is 0 Å². The van der Waals surface area contributed by atoms with Crippen LogP contribution in [0.25, 0.3) is 71.6 Å². The van der Waals surface area contributed by atoms with Crippen LogP contribution in [0.1, 0.15) is 0 Å². The lowest BCUT2D eigenvalue weighted by molar-refractivity contribution is 1.18. The van der Waals surface area contributed by atoms with Crippen molar-refractivity contribution >= 4 is 44.0 Å². The highest BCUT2D eigenvalue weighted by Gasteiger charge is 2.18. The van der Waals surface area contributed by atoms with E-state index in [-0.39, 0.29) is 0 Å². The van der Waals surface area contributed by atoms with Gasteiger partial charge in [-0.25, -0.2) is 0 Å². The molecular formula is C47H34N2. The van der Waals surface area contributed by atoms with Gasteiger partial charge in [0.15, 0.2) is 0 Å². The SMILES string of the molecule is CN(c1ccccc1)c1ccc(-c2ccc(-c3cccc4c5c6ccccc6ccc5n(-c5ccc(-c6ccccc6)cc5)c34)cc2)cc1. The minimum absolute atomic E-state index is 1.15. The molecule has 0 aliphatic carbocycles. The number of hydrogen-bond acceptors (Lipinski definition) is 1. The molecule has 0 saturated heterocycles. The van der Waals surface area contributed by atoms with Crippen LogP contribution in [0.15, 0.2) is 188 Å². The fourth-order valence-corrected chi connectivity index (χ4v) is 7.29. The number of hydrogen-bond donors (Lipinski definition) is 0. The van der Waals surface area contributed by atoms with Crippen LogP contribution in [-0.4, -0.2) is 11.6 Å². The molecule has 0 atom stereocenters. The summed E-state index contributed by atoms with van der Waals surface area (Å²) < 4.78 is 2.46. The first kappa shape index (κ1) is 28.8. The average molecular weight is 627 g/mol. The molecule has 2 nitrogen and oxygen atoms in total. The Labute approximate surface area is 286 Å². The number of rotatable bonds is 6. The van der Waals surface area contributed by atoms with Crippen molar-refractivity contribution in [3.63, 3.8) is 0 Å². The van der Waals surface area contributed by atoms with E-state index < -0.39 is 0 Å². The molecule has 1 heterocycles. The first-order valence-electron chi connectivity index (χ1n) is 16.8. The van der Waals surface area contributed by atoms with Crippen LogP contribution in [-0.2, 0) is 0 Å². The summed E-state index contributed by atoms with van der Waals surface area (Å²) in [7, 11) is 2.11. The van der Waals surface area contributed by atoms with Gasteiger partial charge in [-0.2, -0.15) is 0 Å². The van der Waals surface area contributed by atoms with E-state index in [1.807, 2.05) is 0 Å². The Morgan fingerprint density at radius 3 is 1.63 bits per heavy atom. The fourth-order valence-electron chi connectivity index (χ4n) is 7.29. The van der Waals surface area contributed by atoms with Gasteiger partial charge in [0.1, 0.15) is 0 Å². The number of anilines is 2. The van der Waals surface area contributed by atoms with Gasteiger partial charge in [0, 0.05) is 40.4 Å². The van der Waals surface area contributed by atoms with E-state index in [0.29, 0.717) is 0 Å². The van der Waals surface area contributed by atoms with E-state index in [9.17, 15) is 0 Å². The number of para-hydroxylation sites is 2. The Balaban J connectivity index is 1.15. The van der Waals surface area contributed by atoms with E-state index in [1.165, 1.54) is 71.6 Å². The van der Waals surface area contributed by atoms with E-state index >= 15 is 0 Å². The second-order valence-corrected chi connectivity index (χ2v) is 12.6. The zero-order chi connectivity index (χ0) is 32.7. The first-order valence-corrected chi connectivity index (χ1v) is 16.8. The van der Waals surface area contributed by atoms with E-state index in [0.717, 1.165) is 11.4 Å². The number of aromatic nitrogens is 1. The molecule has 0 fully saturated rings. The summed E-state index contributed by atoms with van der Waals surface area (Å²) in [6.45, 7) is 0. The maximum atomic E-state index is 2.46. The molecule has 49 heavy (non-hydrogen) atoms. The molecule has 9 aromatic rings. The lowest BCUT2D eigenvalue weighted by Gasteiger charge is -2.19. The zero-order valence-electron chi connectivity index (χ0n) is 27.3. The lowest BCUT2D eigenvalue weighted by Crippen LogP contribution is -2.08. The summed E-state index contributed by atoms with van der Waals surface area (Å²) in [5.41, 5.74) is 13.2. The van der Waals surface area contributed by atoms with Crippen LogP contribution >= 0.6 is 0 Å². The highest BCUT2D eigenvalue weighted by Crippen LogP contribution is 2.41. The summed E-state index contributed by atoms with van der Waals surface area (Å²) in [5, 5.41) is 5.08. The molecule has 8 aromatic carbocycles. The molecule has 2 heteroatoms. The summed E-state index contributed by atoms with van der Waals surface area (Å²) in [6.07, 6.45) is 0. The van der Waals surface area contributed by atoms with Gasteiger partial charge in [0.2, 0.25) is 0 Å². The predicted octanol–water partition coefficient (Wildman–Crippen LogP) is 12.7. The lowest BCUT2D eigenvalue weighted by atomic mass is 9.97. The highest BCUT2D eigenvalue weighted by molar-refractivity contribution is 6.23. The van der Waals surface area contributed by atoms with Gasteiger partial charge in [0.05, 0.1) is 11.0 Å². The molecule has 0 saturated carbocycles. The summed E-state index contributed by atoms with van der Waals surface area (Å²) >= 11 is 0. The Morgan fingerprint density at radius 2 is 0.918 bits per heavy atom. The molecule has 0 amide bonds. The maximum Gasteiger partial charge on any atom is 0.0619 e. The second kappa shape index (κ2) is 12.0. The quantitative estimate of drug-likeness (QED) is 0.178. The number of benzene rings is 8. The van der Waals surface area contributed by atoms with Crippen molar-refractivity contribution in [1.82, 2.24) is 4.57 Å². The second-order valence-electron chi connectivity index (χ2n) is 12.6. The molecule has 1 aromatic heterocycles. The molecule has 0 radical (unpaired) electrons. The summed E-state index contributed by atoms with van der Waals surface area (Å²) in [4.78, 5) is 2.21. The third-order valence-corrected chi connectivity index (χ3v) is 9.84. The molecule has 0 spiro atoms. The van der Waals surface area contributed by atoms with E-state index in [2.05, 4.69) is 205 Å². The molecule has 0 unspecified atom stereocenters. The van der Waals surface area contributed by atoms with Crippen molar-refractivity contribution in [2.24, 2.45) is 0 Å². The fraction of sp³-hybridized carbons (Fsp3) is 0.0213. The monoisotopic (exact) mass is 626 g/mol. The van der Waals surface area contributed by atoms with Crippen molar-refractivity contribution in [2.45, 2.75) is 0 Å². The van der Waals surface area contributed by atoms with Crippen LogP contribution in [0.3, 0.4) is 0 Å². The van der Waals surface area contributed by atoms with Gasteiger partial charge < -0.3 is 9.47 Å².